The van der Waals surface area contributed by atoms with E-state index in [4.69, 9.17) is 4.42 Å². The Morgan fingerprint density at radius 2 is 1.72 bits per heavy atom. The molecule has 0 saturated heterocycles. The second-order valence-electron chi connectivity index (χ2n) is 6.46. The fourth-order valence-electron chi connectivity index (χ4n) is 3.37. The van der Waals surface area contributed by atoms with Crippen LogP contribution in [0.25, 0.3) is 33.4 Å². The van der Waals surface area contributed by atoms with Crippen LogP contribution in [0.5, 0.6) is 5.75 Å². The summed E-state index contributed by atoms with van der Waals surface area (Å²) < 4.78 is 5.78. The first kappa shape index (κ1) is 18.2. The fraction of sp³-hybridized carbons (Fsp3) is 0.0455. The van der Waals surface area contributed by atoms with Gasteiger partial charge in [-0.15, -0.1) is 0 Å². The number of carboxylic acids is 1. The highest BCUT2D eigenvalue weighted by molar-refractivity contribution is 6.09. The van der Waals surface area contributed by atoms with E-state index in [0.29, 0.717) is 27.7 Å². The van der Waals surface area contributed by atoms with Crippen LogP contribution >= 0.6 is 0 Å². The Morgan fingerprint density at radius 3 is 2.45 bits per heavy atom. The second kappa shape index (κ2) is 6.79. The van der Waals surface area contributed by atoms with Crippen molar-refractivity contribution < 1.29 is 24.2 Å². The van der Waals surface area contributed by atoms with Crippen LogP contribution in [-0.2, 0) is 0 Å². The van der Waals surface area contributed by atoms with E-state index >= 15 is 0 Å². The van der Waals surface area contributed by atoms with Crippen molar-refractivity contribution in [2.24, 2.45) is 0 Å². The minimum absolute atomic E-state index is 0.0294. The Morgan fingerprint density at radius 1 is 0.966 bits per heavy atom. The molecule has 0 radical (unpaired) electrons. The predicted octanol–water partition coefficient (Wildman–Crippen LogP) is 3.33. The molecular weight excluding hydrogens is 374 g/mol. The number of phenols is 1. The highest BCUT2D eigenvalue weighted by Gasteiger charge is 2.22. The van der Waals surface area contributed by atoms with Crippen LogP contribution in [0, 0.1) is 0 Å². The number of fused-ring (bicyclic) bond motifs is 2. The summed E-state index contributed by atoms with van der Waals surface area (Å²) in [4.78, 5) is 35.8. The van der Waals surface area contributed by atoms with E-state index in [9.17, 15) is 24.6 Å². The van der Waals surface area contributed by atoms with Crippen molar-refractivity contribution in [3.8, 4) is 28.2 Å². The summed E-state index contributed by atoms with van der Waals surface area (Å²) in [5, 5.41) is 22.6. The zero-order valence-corrected chi connectivity index (χ0v) is 15.2. The number of carboxylic acid groups (broad SMARTS) is 1. The summed E-state index contributed by atoms with van der Waals surface area (Å²) in [6.07, 6.45) is 0. The quantitative estimate of drug-likeness (QED) is 0.463. The van der Waals surface area contributed by atoms with Gasteiger partial charge in [-0.25, -0.2) is 4.79 Å². The minimum Gasteiger partial charge on any atom is -0.508 e. The molecule has 3 N–H and O–H groups in total. The molecule has 7 nitrogen and oxygen atoms in total. The highest BCUT2D eigenvalue weighted by atomic mass is 16.4. The molecule has 2 aromatic carbocycles. The maximum atomic E-state index is 12.0. The van der Waals surface area contributed by atoms with Gasteiger partial charge in [-0.2, -0.15) is 0 Å². The van der Waals surface area contributed by atoms with E-state index in [1.54, 1.807) is 18.2 Å². The number of hydrogen-bond donors (Lipinski definition) is 3. The molecule has 0 spiro atoms. The lowest BCUT2D eigenvalue weighted by Gasteiger charge is -2.17. The summed E-state index contributed by atoms with van der Waals surface area (Å²) in [6, 6.07) is 13.1. The van der Waals surface area contributed by atoms with Crippen LogP contribution in [-0.4, -0.2) is 29.1 Å². The Balaban J connectivity index is 2.14. The van der Waals surface area contributed by atoms with Gasteiger partial charge in [-0.05, 0) is 42.0 Å². The molecule has 29 heavy (non-hydrogen) atoms. The molecule has 0 fully saturated rings. The van der Waals surface area contributed by atoms with Crippen molar-refractivity contribution >= 4 is 22.8 Å². The van der Waals surface area contributed by atoms with Crippen LogP contribution in [0.4, 0.5) is 0 Å². The molecule has 2 aromatic rings. The lowest BCUT2D eigenvalue weighted by molar-refractivity contribution is 0.0697. The van der Waals surface area contributed by atoms with Gasteiger partial charge >= 0.3 is 5.97 Å². The van der Waals surface area contributed by atoms with Gasteiger partial charge in [0.1, 0.15) is 17.1 Å². The third-order valence-electron chi connectivity index (χ3n) is 4.69. The smallest absolute Gasteiger partial charge is 0.336 e. The van der Waals surface area contributed by atoms with E-state index in [0.717, 1.165) is 0 Å². The van der Waals surface area contributed by atoms with E-state index in [-0.39, 0.29) is 28.1 Å². The summed E-state index contributed by atoms with van der Waals surface area (Å²) in [6.45, 7) is 0. The number of hydrogen-bond acceptors (Lipinski definition) is 5. The Bertz CT molecular complexity index is 1320. The number of rotatable bonds is 3. The largest absolute Gasteiger partial charge is 0.508 e. The summed E-state index contributed by atoms with van der Waals surface area (Å²) in [5.74, 6) is -1.37. The molecule has 1 heterocycles. The topological polar surface area (TPSA) is 117 Å². The van der Waals surface area contributed by atoms with Gasteiger partial charge in [0, 0.05) is 41.3 Å². The third-order valence-corrected chi connectivity index (χ3v) is 4.69. The van der Waals surface area contributed by atoms with Crippen LogP contribution in [0.1, 0.15) is 20.7 Å². The zero-order valence-electron chi connectivity index (χ0n) is 15.2. The van der Waals surface area contributed by atoms with Gasteiger partial charge in [0.25, 0.3) is 5.91 Å². The predicted molar refractivity (Wildman–Crippen MR) is 107 cm³/mol. The first-order chi connectivity index (χ1) is 13.9. The number of aromatic carboxylic acids is 1. The molecule has 1 aliphatic heterocycles. The van der Waals surface area contributed by atoms with Crippen molar-refractivity contribution in [2.75, 3.05) is 7.05 Å². The average molecular weight is 389 g/mol. The van der Waals surface area contributed by atoms with Crippen molar-refractivity contribution in [3.63, 3.8) is 0 Å². The van der Waals surface area contributed by atoms with Gasteiger partial charge < -0.3 is 19.9 Å². The van der Waals surface area contributed by atoms with Crippen molar-refractivity contribution in [2.45, 2.75) is 0 Å². The second-order valence-corrected chi connectivity index (χ2v) is 6.46. The van der Waals surface area contributed by atoms with Crippen molar-refractivity contribution in [3.05, 3.63) is 75.9 Å². The van der Waals surface area contributed by atoms with Crippen LogP contribution in [0.15, 0.2) is 63.8 Å². The third kappa shape index (κ3) is 3.08. The molecule has 0 unspecified atom stereocenters. The average Bonchev–Trinajstić information content (AvgIpc) is 2.70. The summed E-state index contributed by atoms with van der Waals surface area (Å²) >= 11 is 0. The summed E-state index contributed by atoms with van der Waals surface area (Å²) in [5.41, 5.74) is 1.60. The van der Waals surface area contributed by atoms with E-state index in [1.807, 2.05) is 0 Å². The lowest BCUT2D eigenvalue weighted by atomic mass is 9.90. The lowest BCUT2D eigenvalue weighted by Crippen LogP contribution is -2.18. The number of aromatic hydroxyl groups is 1. The Kier molecular flexibility index (Phi) is 4.27. The van der Waals surface area contributed by atoms with Crippen LogP contribution in [0.3, 0.4) is 0 Å². The molecule has 4 rings (SSSR count). The molecule has 0 saturated carbocycles. The maximum absolute atomic E-state index is 12.0. The molecule has 0 aromatic heterocycles. The first-order valence-electron chi connectivity index (χ1n) is 8.68. The Labute approximate surface area is 164 Å². The first-order valence-corrected chi connectivity index (χ1v) is 8.68. The zero-order chi connectivity index (χ0) is 20.7. The molecule has 144 valence electrons. The number of amides is 1. The number of carbonyl (C=O) groups excluding carboxylic acids is 1. The van der Waals surface area contributed by atoms with E-state index in [2.05, 4.69) is 5.32 Å². The number of carbonyl (C=O) groups is 2. The number of phenolic OH excluding ortho intramolecular Hbond substituents is 1. The summed E-state index contributed by atoms with van der Waals surface area (Å²) in [7, 11) is 1.46. The van der Waals surface area contributed by atoms with Gasteiger partial charge in [0.05, 0.1) is 5.56 Å². The maximum Gasteiger partial charge on any atom is 0.336 e. The molecule has 1 aliphatic carbocycles. The fourth-order valence-corrected chi connectivity index (χ4v) is 3.37. The molecular formula is C22H15NO6. The number of nitrogens with one attached hydrogen (secondary N) is 1. The SMILES string of the molecule is CNC(=O)c1ccc(-c2c3ccc(=O)cc-3oc3cc(O)ccc23)c(C(=O)O)c1. The molecule has 1 amide bonds. The van der Waals surface area contributed by atoms with Gasteiger partial charge in [-0.3, -0.25) is 9.59 Å². The standard InChI is InChI=1S/C22H15NO6/c1-23-21(26)11-2-5-14(17(8-11)22(27)28)20-15-6-3-12(24)9-18(15)29-19-10-13(25)4-7-16(19)20/h2-10,24H,1H3,(H,23,26)(H,27,28). The van der Waals surface area contributed by atoms with Crippen molar-refractivity contribution in [1.82, 2.24) is 5.32 Å². The van der Waals surface area contributed by atoms with Crippen LogP contribution < -0.4 is 10.7 Å². The number of benzene rings is 3. The highest BCUT2D eigenvalue weighted by Crippen LogP contribution is 2.42. The van der Waals surface area contributed by atoms with Crippen molar-refractivity contribution in [1.29, 1.82) is 0 Å². The van der Waals surface area contributed by atoms with Gasteiger partial charge in [0.15, 0.2) is 5.43 Å². The van der Waals surface area contributed by atoms with E-state index in [1.165, 1.54) is 43.4 Å². The molecule has 2 aliphatic rings. The minimum atomic E-state index is -1.20. The molecule has 0 bridgehead atoms. The van der Waals surface area contributed by atoms with Crippen LogP contribution in [0.2, 0.25) is 0 Å². The molecule has 7 heteroatoms. The Hall–Kier alpha value is -4.13. The van der Waals surface area contributed by atoms with E-state index < -0.39 is 11.9 Å². The molecule has 0 atom stereocenters. The normalized spacial score (nSPS) is 10.9. The monoisotopic (exact) mass is 389 g/mol. The van der Waals surface area contributed by atoms with Gasteiger partial charge in [-0.1, -0.05) is 6.07 Å². The van der Waals surface area contributed by atoms with Gasteiger partial charge in [0.2, 0.25) is 0 Å².